The average Bonchev–Trinajstić information content (AvgIpc) is 2.19. The van der Waals surface area contributed by atoms with Crippen LogP contribution in [0.5, 0.6) is 0 Å². The minimum absolute atomic E-state index is 0. The number of hydrogen-bond acceptors (Lipinski definition) is 4. The predicted octanol–water partition coefficient (Wildman–Crippen LogP) is 8.22. The summed E-state index contributed by atoms with van der Waals surface area (Å²) in [6.07, 6.45) is 0. The van der Waals surface area contributed by atoms with Crippen molar-refractivity contribution in [3.05, 3.63) is 0 Å². The first-order valence-corrected chi connectivity index (χ1v) is 42.0. The normalized spacial score (nSPS) is 13.3. The lowest BCUT2D eigenvalue weighted by molar-refractivity contribution is 1.30. The molecule has 4 nitrogen and oxygen atoms in total. The lowest BCUT2D eigenvalue weighted by Gasteiger charge is -2.28. The smallest absolute Gasteiger partial charge is 0.109 e. The fraction of sp³-hybridized carbons (Fsp3) is 1.00. The fourth-order valence-corrected chi connectivity index (χ4v) is 40.5. The zero-order valence-electron chi connectivity index (χ0n) is 31.4. The van der Waals surface area contributed by atoms with Gasteiger partial charge in [-0.1, -0.05) is 157 Å². The van der Waals surface area contributed by atoms with Crippen LogP contribution in [0.1, 0.15) is 0 Å². The molecule has 0 amide bonds. The van der Waals surface area contributed by atoms with Gasteiger partial charge in [-0.15, -0.1) is 0 Å². The van der Waals surface area contributed by atoms with E-state index >= 15 is 0 Å². The molecule has 0 spiro atoms. The molecule has 0 aliphatic heterocycles. The maximum Gasteiger partial charge on any atom is 0.109 e. The Kier molecular flexibility index (Phi) is 28.5. The van der Waals surface area contributed by atoms with Crippen LogP contribution in [0.2, 0.25) is 157 Å². The minimum Gasteiger partial charge on any atom is -0.360 e. The number of rotatable bonds is 8. The maximum atomic E-state index is 3.74. The van der Waals surface area contributed by atoms with Gasteiger partial charge in [-0.2, -0.15) is 0 Å². The summed E-state index contributed by atoms with van der Waals surface area (Å²) in [4.78, 5) is 0. The highest BCUT2D eigenvalue weighted by molar-refractivity contribution is 6.91. The zero-order chi connectivity index (χ0) is 30.8. The van der Waals surface area contributed by atoms with Crippen LogP contribution in [0.25, 0.3) is 0 Å². The Morgan fingerprint density at radius 3 is 0.237 bits per heavy atom. The molecule has 0 saturated heterocycles. The summed E-state index contributed by atoms with van der Waals surface area (Å²) >= 11 is 0. The molecule has 0 heterocycles. The molecule has 0 aliphatic carbocycles. The van der Waals surface area contributed by atoms with Gasteiger partial charge >= 0.3 is 0 Å². The van der Waals surface area contributed by atoms with Crippen molar-refractivity contribution in [2.45, 2.75) is 157 Å². The van der Waals surface area contributed by atoms with E-state index in [9.17, 15) is 0 Å². The summed E-state index contributed by atoms with van der Waals surface area (Å²) in [5.41, 5.74) is 0. The van der Waals surface area contributed by atoms with Crippen molar-refractivity contribution >= 4 is 112 Å². The van der Waals surface area contributed by atoms with Crippen LogP contribution < -0.4 is 18.6 Å². The lowest BCUT2D eigenvalue weighted by atomic mass is 11.8. The van der Waals surface area contributed by atoms with Gasteiger partial charge in [-0.25, -0.2) is 0 Å². The Labute approximate surface area is 285 Å². The van der Waals surface area contributed by atoms with Crippen LogP contribution in [0.15, 0.2) is 0 Å². The highest BCUT2D eigenvalue weighted by atomic mass is 28.4. The number of nitrogens with one attached hydrogen (secondary N) is 4. The van der Waals surface area contributed by atoms with E-state index < -0.39 is 65.9 Å². The van der Waals surface area contributed by atoms with Gasteiger partial charge in [-0.3, -0.25) is 0 Å². The first kappa shape index (κ1) is 53.7. The topological polar surface area (TPSA) is 48.1 Å². The van der Waals surface area contributed by atoms with Crippen LogP contribution in [0.4, 0.5) is 0 Å². The molecule has 0 aromatic rings. The second-order valence-corrected chi connectivity index (χ2v) is 58.5. The molecule has 0 aromatic heterocycles. The van der Waals surface area contributed by atoms with Crippen LogP contribution >= 0.6 is 0 Å². The van der Waals surface area contributed by atoms with E-state index in [-0.39, 0.29) is 46.1 Å². The summed E-state index contributed by atoms with van der Waals surface area (Å²) in [5, 5.41) is 0. The Hall–Kier alpha value is 3.11. The predicted molar refractivity (Wildman–Crippen MR) is 211 cm³/mol. The third-order valence-electron chi connectivity index (χ3n) is 3.00. The molecule has 0 atom stereocenters. The second kappa shape index (κ2) is 20.2. The molecule has 4 N–H and O–H groups in total. The summed E-state index contributed by atoms with van der Waals surface area (Å²) < 4.78 is 14.9. The van der Waals surface area contributed by atoms with Gasteiger partial charge in [0.05, 0.1) is 0 Å². The van der Waals surface area contributed by atoms with Gasteiger partial charge in [0, 0.05) is 46.1 Å². The van der Waals surface area contributed by atoms with Crippen LogP contribution in [0, 0.1) is 0 Å². The Balaban J connectivity index is -0.0000000883. The fourth-order valence-electron chi connectivity index (χ4n) is 4.50. The summed E-state index contributed by atoms with van der Waals surface area (Å²) in [7, 11) is -7.85. The lowest BCUT2D eigenvalue weighted by Crippen LogP contribution is -2.55. The molecule has 0 bridgehead atoms. The Bertz CT molecular complexity index is 420. The standard InChI is InChI=1S/4C6H19NSi2.2Mg/c4*1-8(2,3)7-9(4,5)6;;/h4*7H,1-6H3;;. The van der Waals surface area contributed by atoms with Crippen molar-refractivity contribution < 1.29 is 0 Å². The third kappa shape index (κ3) is 77.3. The van der Waals surface area contributed by atoms with E-state index in [0.717, 1.165) is 0 Å². The van der Waals surface area contributed by atoms with E-state index in [1.165, 1.54) is 0 Å². The monoisotopic (exact) mass is 692 g/mol. The molecule has 0 aromatic carbocycles. The molecule has 0 fully saturated rings. The summed E-state index contributed by atoms with van der Waals surface area (Å²) in [6.45, 7) is 56.5. The van der Waals surface area contributed by atoms with Crippen molar-refractivity contribution in [2.75, 3.05) is 0 Å². The van der Waals surface area contributed by atoms with Crippen LogP contribution in [-0.4, -0.2) is 112 Å². The van der Waals surface area contributed by atoms with E-state index in [0.29, 0.717) is 0 Å². The molecule has 14 heteroatoms. The van der Waals surface area contributed by atoms with Gasteiger partial charge < -0.3 is 18.6 Å². The maximum absolute atomic E-state index is 3.74. The highest BCUT2D eigenvalue weighted by Crippen LogP contribution is 2.05. The number of hydrogen-bond donors (Lipinski definition) is 4. The quantitative estimate of drug-likeness (QED) is 0.194. The molecule has 0 rings (SSSR count). The molecule has 0 saturated carbocycles. The SMILES string of the molecule is C[Si](C)(C)N[Si](C)(C)C.C[Si](C)(C)N[Si](C)(C)C.C[Si](C)(C)N[Si](C)(C)C.C[Si](C)(C)N[Si](C)(C)C.[Mg].[Mg]. The van der Waals surface area contributed by atoms with E-state index in [1.54, 1.807) is 0 Å². The van der Waals surface area contributed by atoms with Crippen molar-refractivity contribution in [1.82, 2.24) is 18.6 Å². The Morgan fingerprint density at radius 2 is 0.237 bits per heavy atom. The highest BCUT2D eigenvalue weighted by Gasteiger charge is 2.24. The molecular weight excluding hydrogens is 618 g/mol. The molecule has 38 heavy (non-hydrogen) atoms. The van der Waals surface area contributed by atoms with Crippen molar-refractivity contribution in [2.24, 2.45) is 0 Å². The zero-order valence-corrected chi connectivity index (χ0v) is 42.2. The first-order chi connectivity index (χ1) is 14.8. The van der Waals surface area contributed by atoms with E-state index in [2.05, 4.69) is 176 Å². The summed E-state index contributed by atoms with van der Waals surface area (Å²) in [6, 6.07) is 0. The van der Waals surface area contributed by atoms with Crippen LogP contribution in [-0.2, 0) is 0 Å². The molecule has 4 radical (unpaired) electrons. The molecular formula is C24H76Mg2N4Si8. The van der Waals surface area contributed by atoms with Crippen molar-refractivity contribution in [3.63, 3.8) is 0 Å². The van der Waals surface area contributed by atoms with Gasteiger partial charge in [0.15, 0.2) is 0 Å². The first-order valence-electron chi connectivity index (χ1n) is 14.0. The molecule has 0 aliphatic rings. The largest absolute Gasteiger partial charge is 0.360 e. The average molecular weight is 694 g/mol. The van der Waals surface area contributed by atoms with E-state index in [4.69, 9.17) is 0 Å². The molecule has 0 unspecified atom stereocenters. The molecule has 228 valence electrons. The Morgan fingerprint density at radius 1 is 0.184 bits per heavy atom. The van der Waals surface area contributed by atoms with E-state index in [1.807, 2.05) is 0 Å². The van der Waals surface area contributed by atoms with Crippen molar-refractivity contribution in [3.8, 4) is 0 Å². The van der Waals surface area contributed by atoms with Gasteiger partial charge in [-0.05, 0) is 0 Å². The third-order valence-corrected chi connectivity index (χ3v) is 27.0. The van der Waals surface area contributed by atoms with Gasteiger partial charge in [0.25, 0.3) is 0 Å². The van der Waals surface area contributed by atoms with Crippen molar-refractivity contribution in [1.29, 1.82) is 0 Å². The second-order valence-electron chi connectivity index (χ2n) is 18.5. The van der Waals surface area contributed by atoms with Crippen LogP contribution in [0.3, 0.4) is 0 Å². The summed E-state index contributed by atoms with van der Waals surface area (Å²) in [5.74, 6) is 0. The van der Waals surface area contributed by atoms with Gasteiger partial charge in [0.1, 0.15) is 65.9 Å². The van der Waals surface area contributed by atoms with Gasteiger partial charge in [0.2, 0.25) is 0 Å². The minimum atomic E-state index is -0.981.